The van der Waals surface area contributed by atoms with E-state index in [2.05, 4.69) is 26.2 Å². The van der Waals surface area contributed by atoms with Gasteiger partial charge in [-0.2, -0.15) is 0 Å². The van der Waals surface area contributed by atoms with E-state index in [9.17, 15) is 14.7 Å². The minimum atomic E-state index is -0.970. The van der Waals surface area contributed by atoms with Crippen molar-refractivity contribution in [2.45, 2.75) is 31.7 Å². The number of carboxylic acids is 1. The van der Waals surface area contributed by atoms with Crippen LogP contribution in [-0.4, -0.2) is 45.5 Å². The number of nitrogens with one attached hydrogen (secondary N) is 1. The Morgan fingerprint density at radius 2 is 2.24 bits per heavy atom. The molecule has 1 unspecified atom stereocenters. The van der Waals surface area contributed by atoms with E-state index in [0.717, 1.165) is 17.3 Å². The van der Waals surface area contributed by atoms with Gasteiger partial charge in [-0.15, -0.1) is 0 Å². The van der Waals surface area contributed by atoms with Crippen molar-refractivity contribution in [2.24, 2.45) is 0 Å². The number of aliphatic carboxylic acids is 1. The molecule has 1 fully saturated rings. The van der Waals surface area contributed by atoms with Gasteiger partial charge in [-0.1, -0.05) is 0 Å². The topological polar surface area (TPSA) is 82.5 Å². The van der Waals surface area contributed by atoms with Crippen LogP contribution in [0.3, 0.4) is 0 Å². The normalized spacial score (nSPS) is 22.8. The number of carbonyl (C=O) groups is 2. The number of nitrogens with zero attached hydrogens (tertiary/aromatic N) is 2. The molecule has 1 atom stereocenters. The molecule has 114 valence electrons. The largest absolute Gasteiger partial charge is 0.480 e. The zero-order chi connectivity index (χ0) is 15.5. The van der Waals surface area contributed by atoms with Crippen LogP contribution in [0.4, 0.5) is 5.82 Å². The van der Waals surface area contributed by atoms with Crippen LogP contribution in [0.2, 0.25) is 0 Å². The number of halogens is 1. The SMILES string of the molecule is CC1(C(=O)O)CCCCN1CC(=O)Nc1ccc(Br)cn1. The Bertz CT molecular complexity index is 535. The summed E-state index contributed by atoms with van der Waals surface area (Å²) in [7, 11) is 0. The average molecular weight is 356 g/mol. The first-order valence-electron chi connectivity index (χ1n) is 6.82. The maximum absolute atomic E-state index is 12.1. The number of hydrogen-bond donors (Lipinski definition) is 2. The molecule has 1 saturated heterocycles. The molecule has 6 nitrogen and oxygen atoms in total. The van der Waals surface area contributed by atoms with Gasteiger partial charge in [0.05, 0.1) is 6.54 Å². The predicted molar refractivity (Wildman–Crippen MR) is 82.0 cm³/mol. The second kappa shape index (κ2) is 6.53. The molecule has 1 amide bonds. The van der Waals surface area contributed by atoms with Gasteiger partial charge in [0.25, 0.3) is 0 Å². The standard InChI is InChI=1S/C14H18BrN3O3/c1-14(13(20)21)6-2-3-7-18(14)9-12(19)17-11-5-4-10(15)8-16-11/h4-5,8H,2-3,6-7,9H2,1H3,(H,20,21)(H,16,17,19). The molecular formula is C14H18BrN3O3. The monoisotopic (exact) mass is 355 g/mol. The van der Waals surface area contributed by atoms with Crippen LogP contribution >= 0.6 is 15.9 Å². The summed E-state index contributed by atoms with van der Waals surface area (Å²) in [5.74, 6) is -0.673. The number of rotatable bonds is 4. The van der Waals surface area contributed by atoms with Crippen molar-refractivity contribution < 1.29 is 14.7 Å². The first-order valence-corrected chi connectivity index (χ1v) is 7.61. The molecule has 1 aliphatic heterocycles. The van der Waals surface area contributed by atoms with Crippen molar-refractivity contribution in [3.8, 4) is 0 Å². The van der Waals surface area contributed by atoms with Crippen LogP contribution in [0.1, 0.15) is 26.2 Å². The number of anilines is 1. The van der Waals surface area contributed by atoms with Gasteiger partial charge in [-0.3, -0.25) is 14.5 Å². The second-order valence-electron chi connectivity index (χ2n) is 5.37. The molecule has 0 radical (unpaired) electrons. The fourth-order valence-electron chi connectivity index (χ4n) is 2.48. The van der Waals surface area contributed by atoms with Gasteiger partial charge in [0, 0.05) is 10.7 Å². The van der Waals surface area contributed by atoms with Crippen molar-refractivity contribution in [2.75, 3.05) is 18.4 Å². The van der Waals surface area contributed by atoms with Crippen LogP contribution in [0, 0.1) is 0 Å². The highest BCUT2D eigenvalue weighted by atomic mass is 79.9. The minimum Gasteiger partial charge on any atom is -0.480 e. The molecule has 1 aromatic heterocycles. The van der Waals surface area contributed by atoms with Crippen LogP contribution in [0.15, 0.2) is 22.8 Å². The lowest BCUT2D eigenvalue weighted by molar-refractivity contribution is -0.153. The number of carbonyl (C=O) groups excluding carboxylic acids is 1. The van der Waals surface area contributed by atoms with Crippen LogP contribution in [0.25, 0.3) is 0 Å². The van der Waals surface area contributed by atoms with Gasteiger partial charge in [0.2, 0.25) is 5.91 Å². The first-order chi connectivity index (χ1) is 9.91. The minimum absolute atomic E-state index is 0.0561. The van der Waals surface area contributed by atoms with E-state index in [0.29, 0.717) is 18.8 Å². The fraction of sp³-hybridized carbons (Fsp3) is 0.500. The van der Waals surface area contributed by atoms with Crippen molar-refractivity contribution >= 4 is 33.6 Å². The summed E-state index contributed by atoms with van der Waals surface area (Å²) in [5, 5.41) is 12.1. The van der Waals surface area contributed by atoms with Crippen molar-refractivity contribution in [3.05, 3.63) is 22.8 Å². The van der Waals surface area contributed by atoms with Gasteiger partial charge in [0.1, 0.15) is 11.4 Å². The molecule has 0 spiro atoms. The highest BCUT2D eigenvalue weighted by molar-refractivity contribution is 9.10. The van der Waals surface area contributed by atoms with Crippen LogP contribution in [-0.2, 0) is 9.59 Å². The quantitative estimate of drug-likeness (QED) is 0.864. The van der Waals surface area contributed by atoms with E-state index in [1.807, 2.05) is 0 Å². The molecule has 0 saturated carbocycles. The van der Waals surface area contributed by atoms with Crippen LogP contribution < -0.4 is 5.32 Å². The lowest BCUT2D eigenvalue weighted by Crippen LogP contribution is -2.57. The van der Waals surface area contributed by atoms with E-state index in [1.165, 1.54) is 0 Å². The third kappa shape index (κ3) is 3.79. The summed E-state index contributed by atoms with van der Waals surface area (Å²) in [6.07, 6.45) is 3.94. The second-order valence-corrected chi connectivity index (χ2v) is 6.28. The molecule has 1 aliphatic rings. The summed E-state index contributed by atoms with van der Waals surface area (Å²) in [5.41, 5.74) is -0.970. The van der Waals surface area contributed by atoms with Gasteiger partial charge in [-0.25, -0.2) is 4.98 Å². The molecule has 2 rings (SSSR count). The average Bonchev–Trinajstić information content (AvgIpc) is 2.44. The Labute approximate surface area is 131 Å². The number of pyridine rings is 1. The predicted octanol–water partition coefficient (Wildman–Crippen LogP) is 2.11. The van der Waals surface area contributed by atoms with Crippen LogP contribution in [0.5, 0.6) is 0 Å². The Morgan fingerprint density at radius 1 is 1.48 bits per heavy atom. The smallest absolute Gasteiger partial charge is 0.323 e. The highest BCUT2D eigenvalue weighted by Gasteiger charge is 2.41. The molecule has 2 N–H and O–H groups in total. The number of likely N-dealkylation sites (tertiary alicyclic amines) is 1. The number of aromatic nitrogens is 1. The van der Waals surface area contributed by atoms with E-state index in [-0.39, 0.29) is 12.5 Å². The lowest BCUT2D eigenvalue weighted by atomic mass is 9.88. The number of hydrogen-bond acceptors (Lipinski definition) is 4. The number of amides is 1. The Kier molecular flexibility index (Phi) is 4.95. The zero-order valence-electron chi connectivity index (χ0n) is 11.8. The van der Waals surface area contributed by atoms with E-state index >= 15 is 0 Å². The summed E-state index contributed by atoms with van der Waals surface area (Å²) < 4.78 is 0.829. The molecule has 21 heavy (non-hydrogen) atoms. The fourth-order valence-corrected chi connectivity index (χ4v) is 2.71. The van der Waals surface area contributed by atoms with Crippen molar-refractivity contribution in [1.29, 1.82) is 0 Å². The van der Waals surface area contributed by atoms with Crippen molar-refractivity contribution in [1.82, 2.24) is 9.88 Å². The van der Waals surface area contributed by atoms with E-state index < -0.39 is 11.5 Å². The third-order valence-electron chi connectivity index (χ3n) is 3.83. The van der Waals surface area contributed by atoms with Gasteiger partial charge in [-0.05, 0) is 60.8 Å². The molecule has 0 bridgehead atoms. The number of carboxylic acid groups (broad SMARTS) is 1. The maximum atomic E-state index is 12.1. The lowest BCUT2D eigenvalue weighted by Gasteiger charge is -2.41. The summed E-state index contributed by atoms with van der Waals surface area (Å²) in [6, 6.07) is 3.47. The number of piperidine rings is 1. The summed E-state index contributed by atoms with van der Waals surface area (Å²) in [6.45, 7) is 2.35. The molecule has 7 heteroatoms. The molecule has 1 aromatic rings. The van der Waals surface area contributed by atoms with Gasteiger partial charge in [0.15, 0.2) is 0 Å². The molecule has 0 aliphatic carbocycles. The molecule has 0 aromatic carbocycles. The highest BCUT2D eigenvalue weighted by Crippen LogP contribution is 2.27. The zero-order valence-corrected chi connectivity index (χ0v) is 13.4. The Hall–Kier alpha value is -1.47. The van der Waals surface area contributed by atoms with Gasteiger partial charge < -0.3 is 10.4 Å². The Balaban J connectivity index is 2.00. The summed E-state index contributed by atoms with van der Waals surface area (Å²) >= 11 is 3.27. The maximum Gasteiger partial charge on any atom is 0.323 e. The first kappa shape index (κ1) is 15.9. The van der Waals surface area contributed by atoms with E-state index in [1.54, 1.807) is 30.2 Å². The van der Waals surface area contributed by atoms with E-state index in [4.69, 9.17) is 0 Å². The Morgan fingerprint density at radius 3 is 2.86 bits per heavy atom. The van der Waals surface area contributed by atoms with Crippen molar-refractivity contribution in [3.63, 3.8) is 0 Å². The summed E-state index contributed by atoms with van der Waals surface area (Å²) in [4.78, 5) is 29.3. The molecule has 2 heterocycles. The third-order valence-corrected chi connectivity index (χ3v) is 4.30. The molecular weight excluding hydrogens is 338 g/mol. The van der Waals surface area contributed by atoms with Gasteiger partial charge >= 0.3 is 5.97 Å².